The summed E-state index contributed by atoms with van der Waals surface area (Å²) >= 11 is 0. The largest absolute Gasteiger partial charge is 0.381 e. The quantitative estimate of drug-likeness (QED) is 0.309. The fourth-order valence-corrected chi connectivity index (χ4v) is 5.36. The van der Waals surface area contributed by atoms with E-state index in [1.54, 1.807) is 0 Å². The Hall–Kier alpha value is -1.42. The summed E-state index contributed by atoms with van der Waals surface area (Å²) in [5.41, 5.74) is 0.977. The molecule has 184 valence electrons. The van der Waals surface area contributed by atoms with Crippen LogP contribution in [-0.2, 0) is 14.9 Å². The molecule has 1 aromatic rings. The molecular weight excluding hydrogens is 534 g/mol. The van der Waals surface area contributed by atoms with Crippen molar-refractivity contribution in [1.29, 1.82) is 0 Å². The van der Waals surface area contributed by atoms with Gasteiger partial charge in [-0.25, -0.2) is 4.39 Å². The Morgan fingerprint density at radius 1 is 1.18 bits per heavy atom. The average molecular weight is 573 g/mol. The average Bonchev–Trinajstić information content (AvgIpc) is 3.51. The maximum absolute atomic E-state index is 13.5. The van der Waals surface area contributed by atoms with Crippen molar-refractivity contribution in [2.45, 2.75) is 63.3 Å². The van der Waals surface area contributed by atoms with Gasteiger partial charge in [-0.1, -0.05) is 25.0 Å². The van der Waals surface area contributed by atoms with Gasteiger partial charge in [-0.05, 0) is 56.7 Å². The van der Waals surface area contributed by atoms with E-state index in [4.69, 9.17) is 9.73 Å². The number of carbonyl (C=O) groups excluding carboxylic acids is 1. The number of amides is 1. The highest BCUT2D eigenvalue weighted by Crippen LogP contribution is 2.35. The monoisotopic (exact) mass is 572 g/mol. The smallest absolute Gasteiger partial charge is 0.225 e. The topological polar surface area (TPSA) is 66.0 Å². The molecule has 3 aliphatic rings. The second kappa shape index (κ2) is 12.3. The lowest BCUT2D eigenvalue weighted by Gasteiger charge is -2.36. The number of aliphatic imine (C=N–C) groups is 1. The van der Waals surface area contributed by atoms with E-state index in [1.165, 1.54) is 25.0 Å². The Morgan fingerprint density at radius 3 is 2.55 bits per heavy atom. The molecule has 2 aliphatic heterocycles. The van der Waals surface area contributed by atoms with Crippen LogP contribution in [0.15, 0.2) is 29.3 Å². The highest BCUT2D eigenvalue weighted by atomic mass is 127. The van der Waals surface area contributed by atoms with Gasteiger partial charge in [0.25, 0.3) is 0 Å². The van der Waals surface area contributed by atoms with Crippen LogP contribution in [0.5, 0.6) is 0 Å². The van der Waals surface area contributed by atoms with Crippen LogP contribution < -0.4 is 10.6 Å². The molecular formula is C25H38FIN4O2. The van der Waals surface area contributed by atoms with E-state index in [2.05, 4.69) is 17.6 Å². The zero-order valence-corrected chi connectivity index (χ0v) is 22.0. The molecule has 1 aromatic carbocycles. The molecule has 2 heterocycles. The van der Waals surface area contributed by atoms with Gasteiger partial charge >= 0.3 is 0 Å². The lowest BCUT2D eigenvalue weighted by atomic mass is 9.74. The zero-order chi connectivity index (χ0) is 22.4. The van der Waals surface area contributed by atoms with Crippen molar-refractivity contribution in [2.24, 2.45) is 10.9 Å². The van der Waals surface area contributed by atoms with Gasteiger partial charge in [0.15, 0.2) is 5.96 Å². The maximum Gasteiger partial charge on any atom is 0.225 e. The van der Waals surface area contributed by atoms with E-state index in [0.29, 0.717) is 25.7 Å². The number of ether oxygens (including phenoxy) is 1. The first-order valence-corrected chi connectivity index (χ1v) is 12.3. The first-order valence-electron chi connectivity index (χ1n) is 12.3. The maximum atomic E-state index is 13.5. The van der Waals surface area contributed by atoms with Crippen LogP contribution in [0.1, 0.15) is 57.4 Å². The van der Waals surface area contributed by atoms with Crippen molar-refractivity contribution in [3.8, 4) is 0 Å². The van der Waals surface area contributed by atoms with Crippen molar-refractivity contribution in [2.75, 3.05) is 39.4 Å². The van der Waals surface area contributed by atoms with E-state index in [9.17, 15) is 9.18 Å². The minimum absolute atomic E-state index is 0. The molecule has 2 N–H and O–H groups in total. The number of guanidine groups is 1. The van der Waals surface area contributed by atoms with Gasteiger partial charge in [0.2, 0.25) is 5.91 Å². The van der Waals surface area contributed by atoms with Gasteiger partial charge in [0, 0.05) is 50.2 Å². The van der Waals surface area contributed by atoms with Crippen LogP contribution in [-0.4, -0.2) is 62.2 Å². The number of halogens is 2. The van der Waals surface area contributed by atoms with E-state index in [0.717, 1.165) is 63.3 Å². The molecule has 33 heavy (non-hydrogen) atoms. The van der Waals surface area contributed by atoms with E-state index < -0.39 is 0 Å². The van der Waals surface area contributed by atoms with Gasteiger partial charge in [-0.15, -0.1) is 24.0 Å². The third kappa shape index (κ3) is 6.59. The van der Waals surface area contributed by atoms with Crippen LogP contribution in [0, 0.1) is 11.7 Å². The minimum atomic E-state index is -0.215. The first-order chi connectivity index (χ1) is 15.6. The van der Waals surface area contributed by atoms with Gasteiger partial charge in [0.1, 0.15) is 5.82 Å². The van der Waals surface area contributed by atoms with Gasteiger partial charge in [0.05, 0.1) is 6.54 Å². The highest BCUT2D eigenvalue weighted by Gasteiger charge is 2.35. The second-order valence-electron chi connectivity index (χ2n) is 9.49. The number of benzene rings is 1. The summed E-state index contributed by atoms with van der Waals surface area (Å²) in [4.78, 5) is 19.8. The predicted molar refractivity (Wildman–Crippen MR) is 140 cm³/mol. The molecule has 4 rings (SSSR count). The number of nitrogens with one attached hydrogen (secondary N) is 2. The molecule has 1 unspecified atom stereocenters. The molecule has 0 bridgehead atoms. The Bertz CT molecular complexity index is 792. The molecule has 3 fully saturated rings. The third-order valence-electron chi connectivity index (χ3n) is 7.34. The Morgan fingerprint density at radius 2 is 1.88 bits per heavy atom. The molecule has 1 aliphatic carbocycles. The Labute approximate surface area is 214 Å². The van der Waals surface area contributed by atoms with E-state index in [-0.39, 0.29) is 47.2 Å². The first kappa shape index (κ1) is 26.2. The van der Waals surface area contributed by atoms with Crippen LogP contribution in [0.25, 0.3) is 0 Å². The van der Waals surface area contributed by atoms with Crippen molar-refractivity contribution < 1.29 is 13.9 Å². The van der Waals surface area contributed by atoms with Crippen molar-refractivity contribution >= 4 is 35.8 Å². The van der Waals surface area contributed by atoms with Crippen LogP contribution in [0.3, 0.4) is 0 Å². The highest BCUT2D eigenvalue weighted by molar-refractivity contribution is 14.0. The fraction of sp³-hybridized carbons (Fsp3) is 0.680. The number of likely N-dealkylation sites (tertiary alicyclic amines) is 1. The molecule has 1 amide bonds. The number of hydrogen-bond acceptors (Lipinski definition) is 3. The zero-order valence-electron chi connectivity index (χ0n) is 19.7. The van der Waals surface area contributed by atoms with Crippen LogP contribution in [0.4, 0.5) is 4.39 Å². The number of carbonyl (C=O) groups is 1. The summed E-state index contributed by atoms with van der Waals surface area (Å²) in [5, 5.41) is 6.93. The second-order valence-corrected chi connectivity index (χ2v) is 9.49. The van der Waals surface area contributed by atoms with Crippen molar-refractivity contribution in [3.63, 3.8) is 0 Å². The van der Waals surface area contributed by atoms with Crippen molar-refractivity contribution in [3.05, 3.63) is 35.6 Å². The summed E-state index contributed by atoms with van der Waals surface area (Å²) in [5.74, 6) is 1.15. The minimum Gasteiger partial charge on any atom is -0.381 e. The van der Waals surface area contributed by atoms with Gasteiger partial charge in [-0.2, -0.15) is 0 Å². The normalized spacial score (nSPS) is 23.3. The summed E-state index contributed by atoms with van der Waals surface area (Å²) in [6, 6.07) is 7.07. The van der Waals surface area contributed by atoms with Gasteiger partial charge in [-0.3, -0.25) is 9.79 Å². The lowest BCUT2D eigenvalue weighted by molar-refractivity contribution is -0.134. The SMILES string of the molecule is CCNC(=NCC1(c2ccc(F)cc2)CCOCC1)NC1CCN(C(=O)C2CCCC2)C1.I. The predicted octanol–water partition coefficient (Wildman–Crippen LogP) is 3.84. The summed E-state index contributed by atoms with van der Waals surface area (Å²) in [6.45, 7) is 6.41. The molecule has 1 saturated carbocycles. The number of rotatable bonds is 6. The standard InChI is InChI=1S/C25H37FN4O2.HI/c1-2-27-24(29-22-11-14-30(17-22)23(31)19-5-3-4-6-19)28-18-25(12-15-32-16-13-25)20-7-9-21(26)10-8-20;/h7-10,19,22H,2-6,11-18H2,1H3,(H2,27,28,29);1H. The summed E-state index contributed by atoms with van der Waals surface area (Å²) in [7, 11) is 0. The number of nitrogens with zero attached hydrogens (tertiary/aromatic N) is 2. The van der Waals surface area contributed by atoms with Crippen LogP contribution >= 0.6 is 24.0 Å². The molecule has 8 heteroatoms. The molecule has 0 radical (unpaired) electrons. The molecule has 6 nitrogen and oxygen atoms in total. The summed E-state index contributed by atoms with van der Waals surface area (Å²) < 4.78 is 19.1. The lowest BCUT2D eigenvalue weighted by Crippen LogP contribution is -2.46. The Balaban J connectivity index is 0.00000306. The third-order valence-corrected chi connectivity index (χ3v) is 7.34. The van der Waals surface area contributed by atoms with Crippen LogP contribution in [0.2, 0.25) is 0 Å². The molecule has 0 spiro atoms. The van der Waals surface area contributed by atoms with E-state index >= 15 is 0 Å². The van der Waals surface area contributed by atoms with E-state index in [1.807, 2.05) is 17.0 Å². The number of hydrogen-bond donors (Lipinski definition) is 2. The molecule has 2 saturated heterocycles. The summed E-state index contributed by atoms with van der Waals surface area (Å²) in [6.07, 6.45) is 7.15. The molecule has 1 atom stereocenters. The molecule has 0 aromatic heterocycles. The fourth-order valence-electron chi connectivity index (χ4n) is 5.36. The van der Waals surface area contributed by atoms with Gasteiger partial charge < -0.3 is 20.3 Å². The van der Waals surface area contributed by atoms with Crippen molar-refractivity contribution in [1.82, 2.24) is 15.5 Å². The Kier molecular flexibility index (Phi) is 9.79.